The molecule has 0 saturated heterocycles. The van der Waals surface area contributed by atoms with Crippen LogP contribution in [0.15, 0.2) is 54.9 Å². The fraction of sp³-hybridized carbons (Fsp3) is 0.208. The SMILES string of the molecule is N#Cc1cccc(-c2cccc(CNC(=O)OCCCCn3cnc4c(N)nc(Cl)nc43)c2)c1. The molecule has 172 valence electrons. The zero-order valence-electron chi connectivity index (χ0n) is 18.2. The number of nitrogens with zero attached hydrogens (tertiary/aromatic N) is 5. The Bertz CT molecular complexity index is 1360. The Morgan fingerprint density at radius 2 is 1.94 bits per heavy atom. The molecular weight excluding hydrogens is 454 g/mol. The Kier molecular flexibility index (Phi) is 7.20. The van der Waals surface area contributed by atoms with Crippen LogP contribution in [-0.2, 0) is 17.8 Å². The summed E-state index contributed by atoms with van der Waals surface area (Å²) >= 11 is 5.88. The number of imidazole rings is 1. The Balaban J connectivity index is 1.21. The number of carbonyl (C=O) groups excluding carboxylic acids is 1. The highest BCUT2D eigenvalue weighted by Crippen LogP contribution is 2.22. The fourth-order valence-corrected chi connectivity index (χ4v) is 3.68. The van der Waals surface area contributed by atoms with Gasteiger partial charge in [-0.3, -0.25) is 0 Å². The van der Waals surface area contributed by atoms with Crippen molar-refractivity contribution in [2.24, 2.45) is 0 Å². The summed E-state index contributed by atoms with van der Waals surface area (Å²) in [5.74, 6) is 0.245. The number of nitriles is 1. The first-order valence-corrected chi connectivity index (χ1v) is 11.1. The molecular formula is C24H22ClN7O2. The van der Waals surface area contributed by atoms with Gasteiger partial charge in [0.1, 0.15) is 5.52 Å². The number of aromatic nitrogens is 4. The van der Waals surface area contributed by atoms with E-state index in [2.05, 4.69) is 26.3 Å². The Hall–Kier alpha value is -4.16. The average Bonchev–Trinajstić information content (AvgIpc) is 3.25. The van der Waals surface area contributed by atoms with Crippen LogP contribution < -0.4 is 11.1 Å². The van der Waals surface area contributed by atoms with E-state index >= 15 is 0 Å². The van der Waals surface area contributed by atoms with E-state index in [1.807, 2.05) is 47.0 Å². The van der Waals surface area contributed by atoms with Crippen molar-refractivity contribution in [3.8, 4) is 17.2 Å². The molecule has 0 aliphatic heterocycles. The second-order valence-electron chi connectivity index (χ2n) is 7.58. The number of nitrogen functional groups attached to an aromatic ring is 1. The third-order valence-corrected chi connectivity index (χ3v) is 5.35. The lowest BCUT2D eigenvalue weighted by Crippen LogP contribution is -2.24. The van der Waals surface area contributed by atoms with E-state index in [1.54, 1.807) is 12.4 Å². The second-order valence-corrected chi connectivity index (χ2v) is 7.92. The number of anilines is 1. The Morgan fingerprint density at radius 1 is 1.15 bits per heavy atom. The van der Waals surface area contributed by atoms with E-state index in [0.717, 1.165) is 23.1 Å². The average molecular weight is 476 g/mol. The molecule has 2 aromatic heterocycles. The van der Waals surface area contributed by atoms with Crippen LogP contribution in [0.4, 0.5) is 10.6 Å². The van der Waals surface area contributed by atoms with Gasteiger partial charge in [-0.15, -0.1) is 0 Å². The van der Waals surface area contributed by atoms with E-state index in [1.165, 1.54) is 0 Å². The monoisotopic (exact) mass is 475 g/mol. The molecule has 2 heterocycles. The highest BCUT2D eigenvalue weighted by Gasteiger charge is 2.10. The van der Waals surface area contributed by atoms with Crippen LogP contribution in [0.2, 0.25) is 5.28 Å². The van der Waals surface area contributed by atoms with Crippen molar-refractivity contribution in [1.82, 2.24) is 24.8 Å². The van der Waals surface area contributed by atoms with E-state index in [-0.39, 0.29) is 17.7 Å². The summed E-state index contributed by atoms with van der Waals surface area (Å²) in [6, 6.07) is 17.3. The maximum atomic E-state index is 12.1. The molecule has 0 aliphatic carbocycles. The van der Waals surface area contributed by atoms with Crippen molar-refractivity contribution in [2.75, 3.05) is 12.3 Å². The first-order valence-electron chi connectivity index (χ1n) is 10.7. The number of unbranched alkanes of at least 4 members (excludes halogenated alkanes) is 1. The van der Waals surface area contributed by atoms with Crippen molar-refractivity contribution in [2.45, 2.75) is 25.9 Å². The zero-order valence-corrected chi connectivity index (χ0v) is 19.0. The summed E-state index contributed by atoms with van der Waals surface area (Å²) in [5, 5.41) is 11.9. The lowest BCUT2D eigenvalue weighted by molar-refractivity contribution is 0.143. The van der Waals surface area contributed by atoms with Crippen LogP contribution in [0.5, 0.6) is 0 Å². The number of halogens is 1. The summed E-state index contributed by atoms with van der Waals surface area (Å²) in [4.78, 5) is 24.4. The van der Waals surface area contributed by atoms with Crippen LogP contribution in [0.25, 0.3) is 22.3 Å². The van der Waals surface area contributed by atoms with Crippen LogP contribution >= 0.6 is 11.6 Å². The van der Waals surface area contributed by atoms with Crippen LogP contribution in [0.3, 0.4) is 0 Å². The number of fused-ring (bicyclic) bond motifs is 1. The minimum atomic E-state index is -0.475. The molecule has 0 bridgehead atoms. The highest BCUT2D eigenvalue weighted by atomic mass is 35.5. The molecule has 0 saturated carbocycles. The first-order chi connectivity index (χ1) is 16.5. The molecule has 0 aliphatic rings. The number of aryl methyl sites for hydroxylation is 1. The van der Waals surface area contributed by atoms with Gasteiger partial charge >= 0.3 is 6.09 Å². The quantitative estimate of drug-likeness (QED) is 0.286. The predicted molar refractivity (Wildman–Crippen MR) is 129 cm³/mol. The number of ether oxygens (including phenoxy) is 1. The minimum Gasteiger partial charge on any atom is -0.450 e. The van der Waals surface area contributed by atoms with Gasteiger partial charge in [0.25, 0.3) is 0 Å². The number of alkyl carbamates (subject to hydrolysis) is 1. The molecule has 0 unspecified atom stereocenters. The van der Waals surface area contributed by atoms with Crippen molar-refractivity contribution in [3.63, 3.8) is 0 Å². The smallest absolute Gasteiger partial charge is 0.407 e. The molecule has 0 radical (unpaired) electrons. The molecule has 34 heavy (non-hydrogen) atoms. The van der Waals surface area contributed by atoms with Crippen LogP contribution in [0.1, 0.15) is 24.0 Å². The number of hydrogen-bond donors (Lipinski definition) is 2. The summed E-state index contributed by atoms with van der Waals surface area (Å²) < 4.78 is 7.12. The summed E-state index contributed by atoms with van der Waals surface area (Å²) in [7, 11) is 0. The summed E-state index contributed by atoms with van der Waals surface area (Å²) in [6.07, 6.45) is 2.60. The molecule has 10 heteroatoms. The molecule has 0 spiro atoms. The Labute approximate surface area is 201 Å². The number of hydrogen-bond acceptors (Lipinski definition) is 7. The lowest BCUT2D eigenvalue weighted by Gasteiger charge is -2.09. The van der Waals surface area contributed by atoms with Gasteiger partial charge in [0.2, 0.25) is 5.28 Å². The largest absolute Gasteiger partial charge is 0.450 e. The number of carbonyl (C=O) groups is 1. The number of amides is 1. The van der Waals surface area contributed by atoms with E-state index in [4.69, 9.17) is 27.3 Å². The number of rotatable bonds is 8. The molecule has 4 rings (SSSR count). The van der Waals surface area contributed by atoms with E-state index in [9.17, 15) is 4.79 Å². The van der Waals surface area contributed by atoms with Gasteiger partial charge < -0.3 is 20.4 Å². The minimum absolute atomic E-state index is 0.0768. The third-order valence-electron chi connectivity index (χ3n) is 5.18. The van der Waals surface area contributed by atoms with E-state index in [0.29, 0.717) is 36.2 Å². The molecule has 0 fully saturated rings. The maximum Gasteiger partial charge on any atom is 0.407 e. The number of nitrogens with two attached hydrogens (primary N) is 1. The summed E-state index contributed by atoms with van der Waals surface area (Å²) in [5.41, 5.74) is 10.4. The van der Waals surface area contributed by atoms with Gasteiger partial charge in [0, 0.05) is 13.1 Å². The molecule has 0 atom stereocenters. The van der Waals surface area contributed by atoms with Crippen molar-refractivity contribution >= 4 is 34.7 Å². The van der Waals surface area contributed by atoms with Crippen molar-refractivity contribution < 1.29 is 9.53 Å². The number of benzene rings is 2. The molecule has 9 nitrogen and oxygen atoms in total. The van der Waals surface area contributed by atoms with Crippen LogP contribution in [-0.4, -0.2) is 32.2 Å². The Morgan fingerprint density at radius 3 is 2.76 bits per heavy atom. The van der Waals surface area contributed by atoms with Crippen molar-refractivity contribution in [3.05, 3.63) is 71.3 Å². The van der Waals surface area contributed by atoms with Gasteiger partial charge in [-0.05, 0) is 59.3 Å². The lowest BCUT2D eigenvalue weighted by atomic mass is 10.0. The maximum absolute atomic E-state index is 12.1. The third kappa shape index (κ3) is 5.60. The van der Waals surface area contributed by atoms with Gasteiger partial charge in [-0.1, -0.05) is 30.3 Å². The van der Waals surface area contributed by atoms with Gasteiger partial charge in [0.05, 0.1) is 24.6 Å². The zero-order chi connectivity index (χ0) is 23.9. The van der Waals surface area contributed by atoms with Crippen molar-refractivity contribution in [1.29, 1.82) is 5.26 Å². The normalized spacial score (nSPS) is 10.7. The number of nitrogens with one attached hydrogen (secondary N) is 1. The fourth-order valence-electron chi connectivity index (χ4n) is 3.51. The second kappa shape index (κ2) is 10.6. The molecule has 3 N–H and O–H groups in total. The van der Waals surface area contributed by atoms with Gasteiger partial charge in [-0.2, -0.15) is 15.2 Å². The highest BCUT2D eigenvalue weighted by molar-refractivity contribution is 6.28. The molecule has 2 aromatic carbocycles. The summed E-state index contributed by atoms with van der Waals surface area (Å²) in [6.45, 7) is 1.26. The van der Waals surface area contributed by atoms with Gasteiger partial charge in [-0.25, -0.2) is 9.78 Å². The topological polar surface area (TPSA) is 132 Å². The first kappa shape index (κ1) is 23.0. The predicted octanol–water partition coefficient (Wildman–Crippen LogP) is 4.31. The van der Waals surface area contributed by atoms with Gasteiger partial charge in [0.15, 0.2) is 11.5 Å². The molecule has 4 aromatic rings. The molecule has 1 amide bonds. The van der Waals surface area contributed by atoms with Crippen LogP contribution in [0, 0.1) is 11.3 Å². The standard InChI is InChI=1S/C24H22ClN7O2/c25-23-30-21(27)20-22(31-23)32(15-29-20)9-1-2-10-34-24(33)28-14-17-6-4-8-19(12-17)18-7-3-5-16(11-18)13-26/h3-8,11-12,15H,1-2,9-10,14H2,(H,28,33)(H2,27,30,31). The van der Waals surface area contributed by atoms with E-state index < -0.39 is 6.09 Å².